The molecular weight excluding hydrogens is 528 g/mol. The average Bonchev–Trinajstić information content (AvgIpc) is 2.88. The average molecular weight is 583 g/mol. The van der Waals surface area contributed by atoms with Crippen LogP contribution in [0.1, 0.15) is 82.1 Å². The maximum atomic E-state index is 12.2. The Hall–Kier alpha value is -3.27. The molecule has 0 saturated heterocycles. The lowest BCUT2D eigenvalue weighted by atomic mass is 9.67. The van der Waals surface area contributed by atoms with Gasteiger partial charge in [-0.15, -0.1) is 0 Å². The van der Waals surface area contributed by atoms with E-state index in [2.05, 4.69) is 110 Å². The molecule has 3 heteroatoms. The van der Waals surface area contributed by atoms with E-state index in [1.807, 2.05) is 50.3 Å². The zero-order chi connectivity index (χ0) is 32.4. The van der Waals surface area contributed by atoms with E-state index < -0.39 is 6.10 Å². The minimum Gasteiger partial charge on any atom is -0.389 e. The molecule has 2 rings (SSSR count). The fraction of sp³-hybridized carbons (Fsp3) is 0.425. The number of hydrogen-bond donors (Lipinski definition) is 2. The Balaban J connectivity index is 1.92. The van der Waals surface area contributed by atoms with Crippen LogP contribution in [0, 0.1) is 16.7 Å². The second-order valence-corrected chi connectivity index (χ2v) is 13.6. The van der Waals surface area contributed by atoms with Gasteiger partial charge in [0, 0.05) is 5.92 Å². The quantitative estimate of drug-likeness (QED) is 0.199. The molecule has 0 aromatic rings. The van der Waals surface area contributed by atoms with Gasteiger partial charge in [-0.1, -0.05) is 147 Å². The van der Waals surface area contributed by atoms with Crippen LogP contribution >= 0.6 is 0 Å². The van der Waals surface area contributed by atoms with Crippen molar-refractivity contribution in [2.24, 2.45) is 16.7 Å². The first kappa shape index (κ1) is 35.9. The lowest BCUT2D eigenvalue weighted by Crippen LogP contribution is -2.35. The molecule has 0 bridgehead atoms. The van der Waals surface area contributed by atoms with Crippen molar-refractivity contribution in [3.63, 3.8) is 0 Å². The predicted octanol–water partition coefficient (Wildman–Crippen LogP) is 9.58. The van der Waals surface area contributed by atoms with Crippen LogP contribution in [0.2, 0.25) is 0 Å². The molecule has 232 valence electrons. The highest BCUT2D eigenvalue weighted by molar-refractivity contribution is 6.00. The Labute approximate surface area is 261 Å². The minimum atomic E-state index is -0.898. The number of carbonyl (C=O) groups excluding carboxylic acids is 1. The van der Waals surface area contributed by atoms with Crippen molar-refractivity contribution in [1.82, 2.24) is 0 Å². The van der Waals surface area contributed by atoms with Crippen molar-refractivity contribution in [1.29, 1.82) is 0 Å². The maximum Gasteiger partial charge on any atom is 0.187 e. The van der Waals surface area contributed by atoms with Gasteiger partial charge in [-0.25, -0.2) is 0 Å². The van der Waals surface area contributed by atoms with E-state index in [9.17, 15) is 15.0 Å². The molecule has 0 aromatic carbocycles. The van der Waals surface area contributed by atoms with Crippen LogP contribution in [-0.4, -0.2) is 28.2 Å². The summed E-state index contributed by atoms with van der Waals surface area (Å²) >= 11 is 0. The van der Waals surface area contributed by atoms with Gasteiger partial charge in [0.05, 0.1) is 6.10 Å². The third-order valence-corrected chi connectivity index (χ3v) is 8.36. The minimum absolute atomic E-state index is 0.0473. The summed E-state index contributed by atoms with van der Waals surface area (Å²) < 4.78 is 0. The van der Waals surface area contributed by atoms with Crippen LogP contribution < -0.4 is 0 Å². The molecule has 2 aliphatic carbocycles. The van der Waals surface area contributed by atoms with E-state index in [0.717, 1.165) is 23.1 Å². The number of rotatable bonds is 10. The summed E-state index contributed by atoms with van der Waals surface area (Å²) in [6, 6.07) is 0. The number of carbonyl (C=O) groups is 1. The van der Waals surface area contributed by atoms with Crippen molar-refractivity contribution in [3.8, 4) is 0 Å². The van der Waals surface area contributed by atoms with E-state index in [0.29, 0.717) is 17.9 Å². The van der Waals surface area contributed by atoms with Gasteiger partial charge in [0.15, 0.2) is 5.78 Å². The molecule has 0 radical (unpaired) electrons. The molecule has 0 aromatic heterocycles. The lowest BCUT2D eigenvalue weighted by Gasteiger charge is -2.38. The van der Waals surface area contributed by atoms with Gasteiger partial charge in [-0.3, -0.25) is 4.79 Å². The number of ketones is 1. The Morgan fingerprint density at radius 3 is 1.77 bits per heavy atom. The van der Waals surface area contributed by atoms with Crippen LogP contribution in [-0.2, 0) is 4.79 Å². The third kappa shape index (κ3) is 11.4. The van der Waals surface area contributed by atoms with Gasteiger partial charge in [0.2, 0.25) is 0 Å². The Morgan fingerprint density at radius 1 is 0.744 bits per heavy atom. The molecule has 0 spiro atoms. The number of aliphatic hydroxyl groups is 2. The third-order valence-electron chi connectivity index (χ3n) is 8.36. The highest BCUT2D eigenvalue weighted by atomic mass is 16.3. The topological polar surface area (TPSA) is 57.5 Å². The number of aliphatic hydroxyl groups excluding tert-OH is 2. The van der Waals surface area contributed by atoms with E-state index in [1.54, 1.807) is 0 Å². The number of allylic oxidation sites excluding steroid dienone is 20. The van der Waals surface area contributed by atoms with Crippen molar-refractivity contribution in [3.05, 3.63) is 130 Å². The van der Waals surface area contributed by atoms with Crippen LogP contribution in [0.25, 0.3) is 0 Å². The van der Waals surface area contributed by atoms with Gasteiger partial charge in [0.1, 0.15) is 6.10 Å². The smallest absolute Gasteiger partial charge is 0.187 e. The molecule has 0 amide bonds. The molecule has 2 aliphatic rings. The monoisotopic (exact) mass is 582 g/mol. The summed E-state index contributed by atoms with van der Waals surface area (Å²) in [5.41, 5.74) is 7.29. The first-order valence-electron chi connectivity index (χ1n) is 15.4. The van der Waals surface area contributed by atoms with Gasteiger partial charge < -0.3 is 10.2 Å². The molecule has 0 fully saturated rings. The molecule has 2 N–H and O–H groups in total. The van der Waals surface area contributed by atoms with Gasteiger partial charge in [-0.05, 0) is 76.4 Å². The Morgan fingerprint density at radius 2 is 1.23 bits per heavy atom. The molecule has 0 heterocycles. The second-order valence-electron chi connectivity index (χ2n) is 13.6. The number of hydrogen-bond acceptors (Lipinski definition) is 3. The zero-order valence-corrected chi connectivity index (χ0v) is 28.1. The van der Waals surface area contributed by atoms with Crippen molar-refractivity contribution >= 4 is 5.78 Å². The summed E-state index contributed by atoms with van der Waals surface area (Å²) in [6.45, 7) is 20.8. The first-order chi connectivity index (χ1) is 20.0. The largest absolute Gasteiger partial charge is 0.389 e. The van der Waals surface area contributed by atoms with Crippen molar-refractivity contribution < 1.29 is 15.0 Å². The van der Waals surface area contributed by atoms with Crippen molar-refractivity contribution in [2.75, 3.05) is 0 Å². The van der Waals surface area contributed by atoms with Crippen LogP contribution in [0.5, 0.6) is 0 Å². The Bertz CT molecular complexity index is 1360. The molecule has 43 heavy (non-hydrogen) atoms. The summed E-state index contributed by atoms with van der Waals surface area (Å²) in [6.07, 6.45) is 31.2. The fourth-order valence-electron chi connectivity index (χ4n) is 5.89. The summed E-state index contributed by atoms with van der Waals surface area (Å²) in [5, 5.41) is 20.1. The lowest BCUT2D eigenvalue weighted by molar-refractivity contribution is -0.125. The van der Waals surface area contributed by atoms with Gasteiger partial charge in [-0.2, -0.15) is 0 Å². The van der Waals surface area contributed by atoms with Crippen LogP contribution in [0.4, 0.5) is 0 Å². The second kappa shape index (κ2) is 16.0. The highest BCUT2D eigenvalue weighted by Gasteiger charge is 2.36. The highest BCUT2D eigenvalue weighted by Crippen LogP contribution is 2.42. The van der Waals surface area contributed by atoms with Crippen LogP contribution in [0.3, 0.4) is 0 Å². The molecule has 3 unspecified atom stereocenters. The van der Waals surface area contributed by atoms with E-state index >= 15 is 0 Å². The summed E-state index contributed by atoms with van der Waals surface area (Å²) in [4.78, 5) is 12.2. The molecule has 0 saturated carbocycles. The van der Waals surface area contributed by atoms with Gasteiger partial charge >= 0.3 is 0 Å². The molecular formula is C40H54O3. The fourth-order valence-corrected chi connectivity index (χ4v) is 5.89. The van der Waals surface area contributed by atoms with Crippen LogP contribution in [0.15, 0.2) is 130 Å². The SMILES string of the molecule is CC1=CC(O)CC(C)(C)C1/C=C/C(C)=C\C=C/C(C)=C/C=C/C=C(C)/C=C\C=C(C)/C=C/C1=C(C)C(=O)C(O)CC1(C)C. The molecule has 3 nitrogen and oxygen atoms in total. The molecule has 0 aliphatic heterocycles. The maximum absolute atomic E-state index is 12.2. The summed E-state index contributed by atoms with van der Waals surface area (Å²) in [5.74, 6) is 0.171. The number of Topliss-reactive ketones (excluding diaryl/α,β-unsaturated/α-hetero) is 1. The van der Waals surface area contributed by atoms with E-state index in [1.165, 1.54) is 16.7 Å². The molecule has 3 atom stereocenters. The van der Waals surface area contributed by atoms with Gasteiger partial charge in [0.25, 0.3) is 0 Å². The summed E-state index contributed by atoms with van der Waals surface area (Å²) in [7, 11) is 0. The van der Waals surface area contributed by atoms with Crippen molar-refractivity contribution in [2.45, 2.75) is 94.3 Å². The Kier molecular flexibility index (Phi) is 13.4. The first-order valence-corrected chi connectivity index (χ1v) is 15.4. The van der Waals surface area contributed by atoms with E-state index in [4.69, 9.17) is 0 Å². The predicted molar refractivity (Wildman–Crippen MR) is 184 cm³/mol. The van der Waals surface area contributed by atoms with E-state index in [-0.39, 0.29) is 22.7 Å². The normalized spacial score (nSPS) is 26.3. The standard InChI is InChI=1S/C40H54O3/c1-28(17-13-19-30(3)21-23-35-32(5)25-34(41)26-39(35,7)8)15-11-12-16-29(2)18-14-20-31(4)22-24-36-33(6)38(43)37(42)27-40(36,9)10/h11-25,34-35,37,41-42H,26-27H2,1-10H3/b12-11+,17-13-,18-14-,23-21+,24-22+,28-15+,29-16+,30-19-,31-20-. The zero-order valence-electron chi connectivity index (χ0n) is 28.1.